The molecule has 0 aromatic heterocycles. The number of aliphatic hydroxyl groups is 1. The van der Waals surface area contributed by atoms with Gasteiger partial charge in [-0.15, -0.1) is 0 Å². The van der Waals surface area contributed by atoms with Crippen LogP contribution >= 0.6 is 39.1 Å². The minimum Gasteiger partial charge on any atom is -0.388 e. The first-order chi connectivity index (χ1) is 8.97. The number of benzene rings is 2. The fourth-order valence-corrected chi connectivity index (χ4v) is 2.68. The Morgan fingerprint density at radius 1 is 1.21 bits per heavy atom. The zero-order valence-electron chi connectivity index (χ0n) is 9.71. The molecule has 19 heavy (non-hydrogen) atoms. The average Bonchev–Trinajstić information content (AvgIpc) is 2.33. The highest BCUT2D eigenvalue weighted by Gasteiger charge is 2.13. The summed E-state index contributed by atoms with van der Waals surface area (Å²) in [6.45, 7) is 0. The van der Waals surface area contributed by atoms with Gasteiger partial charge < -0.3 is 5.11 Å². The molecule has 0 fully saturated rings. The van der Waals surface area contributed by atoms with Crippen molar-refractivity contribution < 1.29 is 9.50 Å². The van der Waals surface area contributed by atoms with Crippen molar-refractivity contribution in [3.05, 3.63) is 67.9 Å². The molecule has 2 rings (SSSR count). The maximum absolute atomic E-state index is 13.3. The van der Waals surface area contributed by atoms with E-state index < -0.39 is 11.9 Å². The molecule has 0 saturated heterocycles. The minimum absolute atomic E-state index is 0.273. The summed E-state index contributed by atoms with van der Waals surface area (Å²) in [5.74, 6) is -0.402. The van der Waals surface area contributed by atoms with Crippen LogP contribution < -0.4 is 0 Å². The van der Waals surface area contributed by atoms with Gasteiger partial charge in [-0.1, -0.05) is 51.3 Å². The molecule has 0 aliphatic heterocycles. The molecule has 2 aromatic rings. The summed E-state index contributed by atoms with van der Waals surface area (Å²) >= 11 is 15.2. The summed E-state index contributed by atoms with van der Waals surface area (Å²) in [4.78, 5) is 0. The van der Waals surface area contributed by atoms with E-state index in [1.165, 1.54) is 12.1 Å². The molecule has 2 aromatic carbocycles. The van der Waals surface area contributed by atoms with Gasteiger partial charge in [0, 0.05) is 10.9 Å². The average molecular weight is 364 g/mol. The molecular formula is C14H10BrCl2FO. The second-order valence-corrected chi connectivity index (χ2v) is 5.84. The number of hydrogen-bond donors (Lipinski definition) is 1. The van der Waals surface area contributed by atoms with Crippen LogP contribution in [0.5, 0.6) is 0 Å². The third-order valence-corrected chi connectivity index (χ3v) is 4.03. The Bertz CT molecular complexity index is 584. The van der Waals surface area contributed by atoms with Gasteiger partial charge in [0.15, 0.2) is 0 Å². The third-order valence-electron chi connectivity index (χ3n) is 2.71. The Balaban J connectivity index is 2.25. The first kappa shape index (κ1) is 14.8. The molecule has 5 heteroatoms. The van der Waals surface area contributed by atoms with Gasteiger partial charge in [0.2, 0.25) is 0 Å². The molecule has 1 nitrogen and oxygen atoms in total. The Hall–Kier alpha value is -0.610. The highest BCUT2D eigenvalue weighted by molar-refractivity contribution is 9.10. The van der Waals surface area contributed by atoms with Gasteiger partial charge in [0.25, 0.3) is 0 Å². The normalized spacial score (nSPS) is 12.5. The van der Waals surface area contributed by atoms with Crippen molar-refractivity contribution in [2.75, 3.05) is 0 Å². The maximum Gasteiger partial charge on any atom is 0.124 e. The highest BCUT2D eigenvalue weighted by atomic mass is 79.9. The van der Waals surface area contributed by atoms with E-state index in [9.17, 15) is 9.50 Å². The van der Waals surface area contributed by atoms with E-state index in [0.29, 0.717) is 20.1 Å². The van der Waals surface area contributed by atoms with Crippen molar-refractivity contribution in [2.45, 2.75) is 12.5 Å². The van der Waals surface area contributed by atoms with Crippen LogP contribution in [0.15, 0.2) is 40.9 Å². The van der Waals surface area contributed by atoms with Crippen molar-refractivity contribution in [2.24, 2.45) is 0 Å². The number of aliphatic hydroxyl groups excluding tert-OH is 1. The lowest BCUT2D eigenvalue weighted by Crippen LogP contribution is -2.03. The molecule has 0 bridgehead atoms. The van der Waals surface area contributed by atoms with Crippen LogP contribution in [0.3, 0.4) is 0 Å². The van der Waals surface area contributed by atoms with Crippen LogP contribution in [0.25, 0.3) is 0 Å². The summed E-state index contributed by atoms with van der Waals surface area (Å²) in [5.41, 5.74) is 1.21. The summed E-state index contributed by atoms with van der Waals surface area (Å²) in [7, 11) is 0. The van der Waals surface area contributed by atoms with Crippen LogP contribution in [0, 0.1) is 5.82 Å². The fraction of sp³-hybridized carbons (Fsp3) is 0.143. The van der Waals surface area contributed by atoms with Gasteiger partial charge in [-0.25, -0.2) is 4.39 Å². The number of rotatable bonds is 3. The lowest BCUT2D eigenvalue weighted by molar-refractivity contribution is 0.178. The predicted molar refractivity (Wildman–Crippen MR) is 79.2 cm³/mol. The summed E-state index contributed by atoms with van der Waals surface area (Å²) < 4.78 is 13.9. The molecule has 1 unspecified atom stereocenters. The maximum atomic E-state index is 13.3. The highest BCUT2D eigenvalue weighted by Crippen LogP contribution is 2.30. The molecule has 100 valence electrons. The van der Waals surface area contributed by atoms with Crippen molar-refractivity contribution in [1.29, 1.82) is 0 Å². The molecule has 0 heterocycles. The number of hydrogen-bond acceptors (Lipinski definition) is 1. The van der Waals surface area contributed by atoms with Crippen LogP contribution in [0.4, 0.5) is 4.39 Å². The molecule has 0 aliphatic rings. The van der Waals surface area contributed by atoms with Gasteiger partial charge in [-0.3, -0.25) is 0 Å². The Labute approximate surface area is 129 Å². The monoisotopic (exact) mass is 362 g/mol. The molecule has 0 saturated carbocycles. The lowest BCUT2D eigenvalue weighted by Gasteiger charge is -2.13. The molecule has 0 radical (unpaired) electrons. The first-order valence-corrected chi connectivity index (χ1v) is 7.09. The summed E-state index contributed by atoms with van der Waals surface area (Å²) in [6.07, 6.45) is -0.571. The predicted octanol–water partition coefficient (Wildman–Crippen LogP) is 5.17. The largest absolute Gasteiger partial charge is 0.388 e. The first-order valence-electron chi connectivity index (χ1n) is 5.54. The van der Waals surface area contributed by atoms with E-state index in [2.05, 4.69) is 15.9 Å². The van der Waals surface area contributed by atoms with Crippen molar-refractivity contribution in [3.63, 3.8) is 0 Å². The zero-order valence-corrected chi connectivity index (χ0v) is 12.8. The topological polar surface area (TPSA) is 20.2 Å². The van der Waals surface area contributed by atoms with Crippen LogP contribution in [0.1, 0.15) is 17.2 Å². The van der Waals surface area contributed by atoms with Gasteiger partial charge >= 0.3 is 0 Å². The standard InChI is InChI=1S/C14H10BrCl2FO/c15-10-4-9(5-11(18)7-10)13(19)6-8-2-1-3-12(16)14(8)17/h1-5,7,13,19H,6H2. The third kappa shape index (κ3) is 3.69. The Kier molecular flexibility index (Phi) is 4.85. The van der Waals surface area contributed by atoms with E-state index >= 15 is 0 Å². The van der Waals surface area contributed by atoms with Crippen LogP contribution in [0.2, 0.25) is 10.0 Å². The van der Waals surface area contributed by atoms with Crippen molar-refractivity contribution >= 4 is 39.1 Å². The fourth-order valence-electron chi connectivity index (χ4n) is 1.80. The van der Waals surface area contributed by atoms with Crippen LogP contribution in [-0.2, 0) is 6.42 Å². The summed E-state index contributed by atoms with van der Waals surface area (Å²) in [5, 5.41) is 11.0. The second kappa shape index (κ2) is 6.23. The van der Waals surface area contributed by atoms with Crippen molar-refractivity contribution in [3.8, 4) is 0 Å². The SMILES string of the molecule is OC(Cc1cccc(Cl)c1Cl)c1cc(F)cc(Br)c1. The summed E-state index contributed by atoms with van der Waals surface area (Å²) in [6, 6.07) is 9.53. The molecule has 0 spiro atoms. The number of halogens is 4. The van der Waals surface area contributed by atoms with Gasteiger partial charge in [-0.2, -0.15) is 0 Å². The molecule has 0 aliphatic carbocycles. The van der Waals surface area contributed by atoms with E-state index in [1.54, 1.807) is 24.3 Å². The molecular weight excluding hydrogens is 354 g/mol. The Morgan fingerprint density at radius 2 is 1.95 bits per heavy atom. The van der Waals surface area contributed by atoms with Crippen LogP contribution in [-0.4, -0.2) is 5.11 Å². The van der Waals surface area contributed by atoms with Gasteiger partial charge in [0.05, 0.1) is 16.1 Å². The van der Waals surface area contributed by atoms with E-state index in [1.807, 2.05) is 0 Å². The quantitative estimate of drug-likeness (QED) is 0.797. The minimum atomic E-state index is -0.844. The van der Waals surface area contributed by atoms with Gasteiger partial charge in [0.1, 0.15) is 5.82 Å². The lowest BCUT2D eigenvalue weighted by atomic mass is 10.0. The zero-order chi connectivity index (χ0) is 14.0. The smallest absolute Gasteiger partial charge is 0.124 e. The van der Waals surface area contributed by atoms with E-state index in [0.717, 1.165) is 5.56 Å². The molecule has 1 N–H and O–H groups in total. The van der Waals surface area contributed by atoms with Gasteiger partial charge in [-0.05, 0) is 35.4 Å². The van der Waals surface area contributed by atoms with Crippen molar-refractivity contribution in [1.82, 2.24) is 0 Å². The Morgan fingerprint density at radius 3 is 2.63 bits per heavy atom. The van der Waals surface area contributed by atoms with E-state index in [-0.39, 0.29) is 6.42 Å². The second-order valence-electron chi connectivity index (χ2n) is 4.14. The molecule has 1 atom stereocenters. The van der Waals surface area contributed by atoms with E-state index in [4.69, 9.17) is 23.2 Å². The molecule has 0 amide bonds.